The molecule has 60 heavy (non-hydrogen) atoms. The summed E-state index contributed by atoms with van der Waals surface area (Å²) in [4.78, 5) is 54.8. The van der Waals surface area contributed by atoms with Gasteiger partial charge in [-0.25, -0.2) is 0 Å². The highest BCUT2D eigenvalue weighted by atomic mass is 16.5. The minimum absolute atomic E-state index is 0.0306. The molecule has 0 spiro atoms. The van der Waals surface area contributed by atoms with Crippen molar-refractivity contribution in [2.75, 3.05) is 47.3 Å². The van der Waals surface area contributed by atoms with E-state index in [2.05, 4.69) is 33.4 Å². The van der Waals surface area contributed by atoms with Gasteiger partial charge in [0, 0.05) is 74.7 Å². The smallest absolute Gasteiger partial charge is 0.272 e. The molecule has 14 heteroatoms. The van der Waals surface area contributed by atoms with Crippen LogP contribution in [0.15, 0.2) is 109 Å². The third-order valence-corrected chi connectivity index (χ3v) is 10.9. The molecular formula is C46H46N8O6. The van der Waals surface area contributed by atoms with E-state index in [-0.39, 0.29) is 42.7 Å². The first-order valence-corrected chi connectivity index (χ1v) is 19.7. The van der Waals surface area contributed by atoms with Gasteiger partial charge in [0.05, 0.1) is 36.7 Å². The van der Waals surface area contributed by atoms with Crippen molar-refractivity contribution in [1.29, 1.82) is 0 Å². The van der Waals surface area contributed by atoms with Crippen LogP contribution in [0.25, 0.3) is 11.1 Å². The van der Waals surface area contributed by atoms with Crippen molar-refractivity contribution in [1.82, 2.24) is 14.0 Å². The molecule has 0 bridgehead atoms. The fourth-order valence-corrected chi connectivity index (χ4v) is 7.69. The zero-order chi connectivity index (χ0) is 41.9. The Kier molecular flexibility index (Phi) is 11.0. The van der Waals surface area contributed by atoms with Gasteiger partial charge in [0.1, 0.15) is 11.4 Å². The van der Waals surface area contributed by atoms with Crippen LogP contribution < -0.4 is 36.5 Å². The van der Waals surface area contributed by atoms with Gasteiger partial charge in [-0.3, -0.25) is 19.2 Å². The van der Waals surface area contributed by atoms with Gasteiger partial charge in [-0.15, -0.1) is 0 Å². The van der Waals surface area contributed by atoms with Gasteiger partial charge in [0.2, 0.25) is 5.91 Å². The molecule has 0 radical (unpaired) electrons. The maximum absolute atomic E-state index is 13.7. The van der Waals surface area contributed by atoms with E-state index in [0.717, 1.165) is 17.5 Å². The number of nitrogens with zero attached hydrogens (tertiary/aromatic N) is 3. The summed E-state index contributed by atoms with van der Waals surface area (Å²) < 4.78 is 15.1. The van der Waals surface area contributed by atoms with Gasteiger partial charge in [0.15, 0.2) is 11.5 Å². The van der Waals surface area contributed by atoms with Crippen molar-refractivity contribution in [3.05, 3.63) is 138 Å². The molecule has 306 valence electrons. The van der Waals surface area contributed by atoms with Crippen LogP contribution in [0.3, 0.4) is 0 Å². The maximum atomic E-state index is 13.7. The number of ether oxygens (including phenoxy) is 2. The van der Waals surface area contributed by atoms with Crippen LogP contribution in [-0.4, -0.2) is 64.0 Å². The van der Waals surface area contributed by atoms with Crippen molar-refractivity contribution in [3.8, 4) is 22.6 Å². The van der Waals surface area contributed by atoms with Crippen LogP contribution in [0.2, 0.25) is 0 Å². The molecule has 2 aliphatic heterocycles. The largest absolute Gasteiger partial charge is 0.493 e. The highest BCUT2D eigenvalue weighted by Crippen LogP contribution is 2.38. The molecule has 1 atom stereocenters. The van der Waals surface area contributed by atoms with Gasteiger partial charge < -0.3 is 50.5 Å². The Hall–Kier alpha value is -7.48. The number of methoxy groups -OCH3 is 1. The molecule has 2 aliphatic rings. The van der Waals surface area contributed by atoms with E-state index in [1.54, 1.807) is 77.0 Å². The van der Waals surface area contributed by atoms with Crippen LogP contribution in [-0.2, 0) is 31.9 Å². The van der Waals surface area contributed by atoms with Gasteiger partial charge in [-0.2, -0.15) is 0 Å². The van der Waals surface area contributed by atoms with Crippen molar-refractivity contribution in [3.63, 3.8) is 0 Å². The zero-order valence-corrected chi connectivity index (χ0v) is 33.6. The third-order valence-electron chi connectivity index (χ3n) is 10.9. The Morgan fingerprint density at radius 2 is 1.43 bits per heavy atom. The fourth-order valence-electron chi connectivity index (χ4n) is 7.69. The predicted octanol–water partition coefficient (Wildman–Crippen LogP) is 6.92. The maximum Gasteiger partial charge on any atom is 0.272 e. The number of anilines is 5. The van der Waals surface area contributed by atoms with E-state index in [1.165, 1.54) is 18.2 Å². The summed E-state index contributed by atoms with van der Waals surface area (Å²) in [5.41, 5.74) is 14.3. The van der Waals surface area contributed by atoms with Crippen LogP contribution in [0, 0.1) is 0 Å². The summed E-state index contributed by atoms with van der Waals surface area (Å²) in [5, 5.41) is 12.1. The number of nitrogens with two attached hydrogens (primary N) is 1. The van der Waals surface area contributed by atoms with Gasteiger partial charge in [-0.05, 0) is 84.1 Å². The molecule has 4 aromatic carbocycles. The Labute approximate surface area is 347 Å². The number of amides is 4. The molecule has 1 unspecified atom stereocenters. The normalized spacial score (nSPS) is 14.2. The lowest BCUT2D eigenvalue weighted by molar-refractivity contribution is -0.116. The second kappa shape index (κ2) is 16.8. The number of aryl methyl sites for hydroxylation is 2. The summed E-state index contributed by atoms with van der Waals surface area (Å²) in [6.45, 7) is 1.42. The topological polar surface area (TPSA) is 174 Å². The van der Waals surface area contributed by atoms with Gasteiger partial charge >= 0.3 is 0 Å². The SMILES string of the molecule is COc1cc2c(cc1OCCCC(=O)Nc1cc(C(=O)Nc3ccc(-c4cc(C(=O)Nc5ccc(N)cc5)n(C)c4)cc3)n(C)c1)NCC1Cc3ccccc3CN1C2=O. The molecule has 4 amide bonds. The minimum atomic E-state index is -0.340. The van der Waals surface area contributed by atoms with E-state index in [1.807, 2.05) is 48.5 Å². The molecule has 6 aromatic rings. The predicted molar refractivity (Wildman–Crippen MR) is 232 cm³/mol. The Morgan fingerprint density at radius 1 is 0.767 bits per heavy atom. The van der Waals surface area contributed by atoms with E-state index in [4.69, 9.17) is 15.2 Å². The fraction of sp³-hybridized carbons (Fsp3) is 0.217. The first-order chi connectivity index (χ1) is 29.0. The first kappa shape index (κ1) is 39.4. The number of benzene rings is 4. The molecule has 0 fully saturated rings. The monoisotopic (exact) mass is 806 g/mol. The summed E-state index contributed by atoms with van der Waals surface area (Å²) >= 11 is 0. The highest BCUT2D eigenvalue weighted by molar-refractivity contribution is 6.06. The Morgan fingerprint density at radius 3 is 2.15 bits per heavy atom. The van der Waals surface area contributed by atoms with Crippen LogP contribution in [0.5, 0.6) is 11.5 Å². The Balaban J connectivity index is 0.820. The number of aromatic nitrogens is 2. The average Bonchev–Trinajstić information content (AvgIpc) is 3.79. The quantitative estimate of drug-likeness (QED) is 0.0655. The number of nitrogens with one attached hydrogen (secondary N) is 4. The number of hydrogen-bond acceptors (Lipinski definition) is 8. The summed E-state index contributed by atoms with van der Waals surface area (Å²) in [5.74, 6) is 0.0641. The van der Waals surface area contributed by atoms with E-state index in [9.17, 15) is 19.2 Å². The number of carbonyl (C=O) groups is 4. The highest BCUT2D eigenvalue weighted by Gasteiger charge is 2.34. The molecule has 8 rings (SSSR count). The second-order valence-electron chi connectivity index (χ2n) is 15.0. The molecule has 2 aromatic heterocycles. The lowest BCUT2D eigenvalue weighted by atomic mass is 9.94. The molecule has 0 saturated carbocycles. The van der Waals surface area contributed by atoms with Crippen molar-refractivity contribution >= 4 is 52.1 Å². The van der Waals surface area contributed by atoms with Crippen LogP contribution in [0.1, 0.15) is 55.3 Å². The zero-order valence-electron chi connectivity index (χ0n) is 33.6. The van der Waals surface area contributed by atoms with Crippen molar-refractivity contribution < 1.29 is 28.7 Å². The summed E-state index contributed by atoms with van der Waals surface area (Å²) in [6, 6.07) is 29.5. The number of carbonyl (C=O) groups excluding carboxylic acids is 4. The van der Waals surface area contributed by atoms with E-state index < -0.39 is 0 Å². The number of rotatable bonds is 12. The molecule has 14 nitrogen and oxygen atoms in total. The lowest BCUT2D eigenvalue weighted by Gasteiger charge is -2.35. The molecule has 6 N–H and O–H groups in total. The van der Waals surface area contributed by atoms with Crippen molar-refractivity contribution in [2.24, 2.45) is 14.1 Å². The Bertz CT molecular complexity index is 2590. The summed E-state index contributed by atoms with van der Waals surface area (Å²) in [6.07, 6.45) is 4.94. The lowest BCUT2D eigenvalue weighted by Crippen LogP contribution is -2.45. The average molecular weight is 807 g/mol. The number of nitrogen functional groups attached to an aromatic ring is 1. The molecule has 4 heterocycles. The second-order valence-corrected chi connectivity index (χ2v) is 15.0. The van der Waals surface area contributed by atoms with Gasteiger partial charge in [0.25, 0.3) is 17.7 Å². The van der Waals surface area contributed by atoms with Crippen LogP contribution >= 0.6 is 0 Å². The molecule has 0 aliphatic carbocycles. The van der Waals surface area contributed by atoms with Crippen LogP contribution in [0.4, 0.5) is 28.4 Å². The third kappa shape index (κ3) is 8.39. The first-order valence-electron chi connectivity index (χ1n) is 19.7. The van der Waals surface area contributed by atoms with Crippen molar-refractivity contribution in [2.45, 2.75) is 31.8 Å². The number of hydrogen-bond donors (Lipinski definition) is 5. The van der Waals surface area contributed by atoms with Gasteiger partial charge in [-0.1, -0.05) is 36.4 Å². The molecule has 0 saturated heterocycles. The standard InChI is InChI=1S/C46H46N8O6/c1-52-25-31(20-39(52)44(56)51-34-16-12-32(47)13-17-34)28-10-14-33(15-11-28)50-45(57)40-21-35(27-53(40)2)49-43(55)9-6-18-60-42-23-38-37(22-41(42)59-3)46(58)54-26-30-8-5-4-7-29(30)19-36(54)24-48-38/h4-5,7-8,10-17,20-23,25,27,36,48H,6,9,18-19,24,26,47H2,1-3H3,(H,49,55)(H,50,57)(H,51,56). The summed E-state index contributed by atoms with van der Waals surface area (Å²) in [7, 11) is 5.08. The number of fused-ring (bicyclic) bond motifs is 3. The van der Waals surface area contributed by atoms with E-state index >= 15 is 0 Å². The van der Waals surface area contributed by atoms with E-state index in [0.29, 0.717) is 76.4 Å². The molecular weight excluding hydrogens is 761 g/mol. The minimum Gasteiger partial charge on any atom is -0.493 e.